The number of ether oxygens (including phenoxy) is 1. The second-order valence-electron chi connectivity index (χ2n) is 6.15. The third kappa shape index (κ3) is 5.38. The van der Waals surface area contributed by atoms with Crippen molar-refractivity contribution in [2.75, 3.05) is 20.7 Å². The number of benzene rings is 1. The molecule has 0 saturated heterocycles. The highest BCUT2D eigenvalue weighted by Gasteiger charge is 2.22. The first-order valence-electron chi connectivity index (χ1n) is 7.48. The zero-order valence-corrected chi connectivity index (χ0v) is 13.8. The van der Waals surface area contributed by atoms with Crippen LogP contribution in [0.4, 0.5) is 0 Å². The average molecular weight is 292 g/mol. The molecule has 4 heteroatoms. The zero-order valence-electron chi connectivity index (χ0n) is 13.8. The molecule has 2 atom stereocenters. The summed E-state index contributed by atoms with van der Waals surface area (Å²) in [6.45, 7) is 6.80. The molecule has 1 unspecified atom stereocenters. The second-order valence-corrected chi connectivity index (χ2v) is 6.15. The Balaban J connectivity index is 2.52. The van der Waals surface area contributed by atoms with Crippen LogP contribution in [0.5, 0.6) is 5.75 Å². The molecule has 4 nitrogen and oxygen atoms in total. The van der Waals surface area contributed by atoms with Crippen LogP contribution in [0.15, 0.2) is 24.3 Å². The molecular weight excluding hydrogens is 264 g/mol. The molecular formula is C17H28N2O2. The average Bonchev–Trinajstić information content (AvgIpc) is 2.46. The number of carbonyl (C=O) groups excluding carboxylic acids is 1. The van der Waals surface area contributed by atoms with Gasteiger partial charge in [0.2, 0.25) is 5.91 Å². The van der Waals surface area contributed by atoms with Gasteiger partial charge in [0, 0.05) is 13.6 Å². The standard InChI is InChI=1S/C17H28N2O2/c1-12(2)16(18)17(20)19(4)11-13(3)10-14-6-8-15(21-5)9-7-14/h6-9,12-13,16H,10-11,18H2,1-5H3/t13?,16-/m0/s1. The van der Waals surface area contributed by atoms with E-state index in [4.69, 9.17) is 10.5 Å². The summed E-state index contributed by atoms with van der Waals surface area (Å²) in [6, 6.07) is 7.65. The number of rotatable bonds is 7. The largest absolute Gasteiger partial charge is 0.497 e. The Hall–Kier alpha value is -1.55. The molecule has 0 aliphatic rings. The Morgan fingerprint density at radius 2 is 1.81 bits per heavy atom. The number of amides is 1. The summed E-state index contributed by atoms with van der Waals surface area (Å²) in [7, 11) is 3.49. The molecule has 1 aromatic rings. The monoisotopic (exact) mass is 292 g/mol. The van der Waals surface area contributed by atoms with E-state index in [-0.39, 0.29) is 11.8 Å². The van der Waals surface area contributed by atoms with Gasteiger partial charge < -0.3 is 15.4 Å². The Morgan fingerprint density at radius 3 is 2.29 bits per heavy atom. The highest BCUT2D eigenvalue weighted by atomic mass is 16.5. The van der Waals surface area contributed by atoms with E-state index in [1.165, 1.54) is 5.56 Å². The number of likely N-dealkylation sites (N-methyl/N-ethyl adjacent to an activating group) is 1. The van der Waals surface area contributed by atoms with Crippen molar-refractivity contribution in [3.05, 3.63) is 29.8 Å². The third-order valence-corrected chi connectivity index (χ3v) is 3.71. The van der Waals surface area contributed by atoms with Crippen LogP contribution in [0.3, 0.4) is 0 Å². The molecule has 118 valence electrons. The van der Waals surface area contributed by atoms with Gasteiger partial charge in [-0.1, -0.05) is 32.9 Å². The second kappa shape index (κ2) is 8.03. The Morgan fingerprint density at radius 1 is 1.24 bits per heavy atom. The minimum atomic E-state index is -0.414. The molecule has 1 aromatic carbocycles. The van der Waals surface area contributed by atoms with Crippen LogP contribution < -0.4 is 10.5 Å². The molecule has 0 saturated carbocycles. The fourth-order valence-electron chi connectivity index (χ4n) is 2.33. The smallest absolute Gasteiger partial charge is 0.239 e. The Kier molecular flexibility index (Phi) is 6.69. The molecule has 0 bridgehead atoms. The first kappa shape index (κ1) is 17.5. The predicted molar refractivity (Wildman–Crippen MR) is 86.3 cm³/mol. The molecule has 1 amide bonds. The molecule has 0 aromatic heterocycles. The lowest BCUT2D eigenvalue weighted by Gasteiger charge is -2.26. The molecule has 0 fully saturated rings. The molecule has 1 rings (SSSR count). The van der Waals surface area contributed by atoms with Gasteiger partial charge in [0.1, 0.15) is 5.75 Å². The molecule has 0 radical (unpaired) electrons. The van der Waals surface area contributed by atoms with Crippen LogP contribution in [0.25, 0.3) is 0 Å². The van der Waals surface area contributed by atoms with Gasteiger partial charge in [0.15, 0.2) is 0 Å². The fourth-order valence-corrected chi connectivity index (χ4v) is 2.33. The van der Waals surface area contributed by atoms with E-state index in [2.05, 4.69) is 19.1 Å². The van der Waals surface area contributed by atoms with Gasteiger partial charge in [-0.25, -0.2) is 0 Å². The first-order valence-corrected chi connectivity index (χ1v) is 7.48. The summed E-state index contributed by atoms with van der Waals surface area (Å²) >= 11 is 0. The third-order valence-electron chi connectivity index (χ3n) is 3.71. The number of nitrogens with two attached hydrogens (primary N) is 1. The quantitative estimate of drug-likeness (QED) is 0.839. The number of hydrogen-bond acceptors (Lipinski definition) is 3. The van der Waals surface area contributed by atoms with Crippen molar-refractivity contribution in [1.82, 2.24) is 4.90 Å². The van der Waals surface area contributed by atoms with Crippen molar-refractivity contribution < 1.29 is 9.53 Å². The van der Waals surface area contributed by atoms with Crippen molar-refractivity contribution >= 4 is 5.91 Å². The maximum Gasteiger partial charge on any atom is 0.239 e. The minimum Gasteiger partial charge on any atom is -0.497 e. The summed E-state index contributed by atoms with van der Waals surface area (Å²) in [5, 5.41) is 0. The van der Waals surface area contributed by atoms with Crippen molar-refractivity contribution in [2.24, 2.45) is 17.6 Å². The number of methoxy groups -OCH3 is 1. The fraction of sp³-hybridized carbons (Fsp3) is 0.588. The van der Waals surface area contributed by atoms with Crippen LogP contribution in [0.2, 0.25) is 0 Å². The van der Waals surface area contributed by atoms with Gasteiger partial charge in [-0.3, -0.25) is 4.79 Å². The van der Waals surface area contributed by atoms with Gasteiger partial charge in [-0.2, -0.15) is 0 Å². The van der Waals surface area contributed by atoms with Crippen LogP contribution in [0.1, 0.15) is 26.3 Å². The molecule has 21 heavy (non-hydrogen) atoms. The SMILES string of the molecule is COc1ccc(CC(C)CN(C)C(=O)[C@@H](N)C(C)C)cc1. The topological polar surface area (TPSA) is 55.6 Å². The summed E-state index contributed by atoms with van der Waals surface area (Å²) < 4.78 is 5.15. The van der Waals surface area contributed by atoms with Crippen LogP contribution in [0, 0.1) is 11.8 Å². The maximum atomic E-state index is 12.1. The number of nitrogens with zero attached hydrogens (tertiary/aromatic N) is 1. The highest BCUT2D eigenvalue weighted by Crippen LogP contribution is 2.15. The lowest BCUT2D eigenvalue weighted by atomic mass is 9.99. The molecule has 2 N–H and O–H groups in total. The van der Waals surface area contributed by atoms with Gasteiger partial charge in [0.25, 0.3) is 0 Å². The van der Waals surface area contributed by atoms with Gasteiger partial charge >= 0.3 is 0 Å². The van der Waals surface area contributed by atoms with E-state index in [0.29, 0.717) is 12.5 Å². The summed E-state index contributed by atoms with van der Waals surface area (Å²) in [4.78, 5) is 13.9. The lowest BCUT2D eigenvalue weighted by Crippen LogP contribution is -2.46. The van der Waals surface area contributed by atoms with Crippen molar-refractivity contribution in [1.29, 1.82) is 0 Å². The van der Waals surface area contributed by atoms with Crippen molar-refractivity contribution in [3.8, 4) is 5.75 Å². The van der Waals surface area contributed by atoms with Crippen LogP contribution in [-0.2, 0) is 11.2 Å². The van der Waals surface area contributed by atoms with E-state index in [9.17, 15) is 4.79 Å². The lowest BCUT2D eigenvalue weighted by molar-refractivity contribution is -0.132. The Bertz CT molecular complexity index is 443. The number of carbonyl (C=O) groups is 1. The van der Waals surface area contributed by atoms with Crippen molar-refractivity contribution in [2.45, 2.75) is 33.2 Å². The molecule has 0 heterocycles. The zero-order chi connectivity index (χ0) is 16.0. The van der Waals surface area contributed by atoms with Gasteiger partial charge in [0.05, 0.1) is 13.2 Å². The van der Waals surface area contributed by atoms with Gasteiger partial charge in [-0.05, 0) is 36.0 Å². The predicted octanol–water partition coefficient (Wildman–Crippen LogP) is 2.32. The van der Waals surface area contributed by atoms with E-state index in [0.717, 1.165) is 12.2 Å². The van der Waals surface area contributed by atoms with E-state index < -0.39 is 6.04 Å². The normalized spacial score (nSPS) is 13.9. The molecule has 0 spiro atoms. The first-order chi connectivity index (χ1) is 9.85. The number of hydrogen-bond donors (Lipinski definition) is 1. The molecule has 0 aliphatic heterocycles. The Labute approximate surface area is 128 Å². The van der Waals surface area contributed by atoms with Crippen LogP contribution in [-0.4, -0.2) is 37.6 Å². The molecule has 0 aliphatic carbocycles. The van der Waals surface area contributed by atoms with Crippen LogP contribution >= 0.6 is 0 Å². The summed E-state index contributed by atoms with van der Waals surface area (Å²) in [5.41, 5.74) is 7.16. The van der Waals surface area contributed by atoms with E-state index in [1.54, 1.807) is 12.0 Å². The van der Waals surface area contributed by atoms with Crippen molar-refractivity contribution in [3.63, 3.8) is 0 Å². The van der Waals surface area contributed by atoms with E-state index >= 15 is 0 Å². The highest BCUT2D eigenvalue weighted by molar-refractivity contribution is 5.81. The maximum absolute atomic E-state index is 12.1. The minimum absolute atomic E-state index is 0.0200. The summed E-state index contributed by atoms with van der Waals surface area (Å²) in [5.74, 6) is 1.43. The summed E-state index contributed by atoms with van der Waals surface area (Å²) in [6.07, 6.45) is 0.929. The van der Waals surface area contributed by atoms with E-state index in [1.807, 2.05) is 33.0 Å². The van der Waals surface area contributed by atoms with Gasteiger partial charge in [-0.15, -0.1) is 0 Å².